The van der Waals surface area contributed by atoms with Crippen molar-refractivity contribution in [1.82, 2.24) is 4.90 Å². The number of anilines is 2. The molecule has 2 N–H and O–H groups in total. The number of aryl methyl sites for hydroxylation is 4. The van der Waals surface area contributed by atoms with Gasteiger partial charge in [0.15, 0.2) is 0 Å². The van der Waals surface area contributed by atoms with Crippen molar-refractivity contribution in [2.24, 2.45) is 0 Å². The Hall–Kier alpha value is -3.44. The highest BCUT2D eigenvalue weighted by Gasteiger charge is 2.18. The van der Waals surface area contributed by atoms with Crippen molar-refractivity contribution >= 4 is 23.2 Å². The Bertz CT molecular complexity index is 1070. The SMILES string of the molecule is Cc1cccc(C)c1NC(=O)CN(CC(=O)Nc1c(C)cccc1C)Cc1ccc(C(C)C)cc1. The number of para-hydroxylation sites is 2. The van der Waals surface area contributed by atoms with E-state index in [1.165, 1.54) is 5.56 Å². The van der Waals surface area contributed by atoms with Gasteiger partial charge in [0.25, 0.3) is 0 Å². The van der Waals surface area contributed by atoms with E-state index in [1.54, 1.807) is 0 Å². The van der Waals surface area contributed by atoms with Crippen LogP contribution in [0.25, 0.3) is 0 Å². The summed E-state index contributed by atoms with van der Waals surface area (Å²) in [7, 11) is 0. The number of carbonyl (C=O) groups excluding carboxylic acids is 2. The summed E-state index contributed by atoms with van der Waals surface area (Å²) in [6.45, 7) is 13.0. The van der Waals surface area contributed by atoms with Gasteiger partial charge in [0.1, 0.15) is 0 Å². The fourth-order valence-corrected chi connectivity index (χ4v) is 4.22. The van der Waals surface area contributed by atoms with E-state index in [1.807, 2.05) is 69.0 Å². The van der Waals surface area contributed by atoms with Crippen LogP contribution in [0, 0.1) is 27.7 Å². The van der Waals surface area contributed by atoms with Crippen LogP contribution < -0.4 is 10.6 Å². The van der Waals surface area contributed by atoms with Crippen molar-refractivity contribution in [3.63, 3.8) is 0 Å². The van der Waals surface area contributed by atoms with Gasteiger partial charge in [-0.3, -0.25) is 14.5 Å². The van der Waals surface area contributed by atoms with Gasteiger partial charge in [0.2, 0.25) is 11.8 Å². The van der Waals surface area contributed by atoms with Crippen LogP contribution in [0.3, 0.4) is 0 Å². The molecule has 0 atom stereocenters. The van der Waals surface area contributed by atoms with Crippen molar-refractivity contribution < 1.29 is 9.59 Å². The molecule has 0 aliphatic carbocycles. The minimum Gasteiger partial charge on any atom is -0.324 e. The molecule has 2 amide bonds. The molecule has 0 bridgehead atoms. The van der Waals surface area contributed by atoms with Crippen LogP contribution in [0.2, 0.25) is 0 Å². The van der Waals surface area contributed by atoms with Crippen molar-refractivity contribution in [3.05, 3.63) is 94.0 Å². The maximum atomic E-state index is 13.0. The number of rotatable bonds is 9. The highest BCUT2D eigenvalue weighted by atomic mass is 16.2. The number of nitrogens with zero attached hydrogens (tertiary/aromatic N) is 1. The molecule has 5 nitrogen and oxygen atoms in total. The van der Waals surface area contributed by atoms with Crippen LogP contribution in [0.1, 0.15) is 53.1 Å². The minimum atomic E-state index is -0.138. The first-order valence-electron chi connectivity index (χ1n) is 12.2. The van der Waals surface area contributed by atoms with E-state index in [0.29, 0.717) is 12.5 Å². The zero-order valence-corrected chi connectivity index (χ0v) is 21.7. The summed E-state index contributed by atoms with van der Waals surface area (Å²) in [5, 5.41) is 6.10. The summed E-state index contributed by atoms with van der Waals surface area (Å²) in [5.74, 6) is 0.175. The zero-order chi connectivity index (χ0) is 25.5. The van der Waals surface area contributed by atoms with E-state index < -0.39 is 0 Å². The molecule has 0 heterocycles. The molecular formula is C30H37N3O2. The van der Waals surface area contributed by atoms with E-state index in [0.717, 1.165) is 39.2 Å². The number of carbonyl (C=O) groups is 2. The largest absolute Gasteiger partial charge is 0.324 e. The van der Waals surface area contributed by atoms with E-state index in [2.05, 4.69) is 48.7 Å². The summed E-state index contributed by atoms with van der Waals surface area (Å²) in [4.78, 5) is 27.9. The normalized spacial score (nSPS) is 11.1. The van der Waals surface area contributed by atoms with Crippen LogP contribution >= 0.6 is 0 Å². The third-order valence-corrected chi connectivity index (χ3v) is 6.28. The molecule has 0 aliphatic heterocycles. The van der Waals surface area contributed by atoms with Gasteiger partial charge in [0.05, 0.1) is 13.1 Å². The zero-order valence-electron chi connectivity index (χ0n) is 21.7. The summed E-state index contributed by atoms with van der Waals surface area (Å²) in [5.41, 5.74) is 8.06. The first kappa shape index (κ1) is 26.2. The third kappa shape index (κ3) is 7.27. The Morgan fingerprint density at radius 2 is 1.09 bits per heavy atom. The second-order valence-corrected chi connectivity index (χ2v) is 9.67. The van der Waals surface area contributed by atoms with Gasteiger partial charge in [-0.05, 0) is 67.0 Å². The van der Waals surface area contributed by atoms with E-state index in [9.17, 15) is 9.59 Å². The summed E-state index contributed by atoms with van der Waals surface area (Å²) < 4.78 is 0. The molecule has 0 saturated heterocycles. The number of amides is 2. The molecule has 0 unspecified atom stereocenters. The molecule has 3 aromatic carbocycles. The smallest absolute Gasteiger partial charge is 0.238 e. The van der Waals surface area contributed by atoms with E-state index in [-0.39, 0.29) is 24.9 Å². The van der Waals surface area contributed by atoms with Gasteiger partial charge in [0, 0.05) is 17.9 Å². The Morgan fingerprint density at radius 3 is 1.46 bits per heavy atom. The summed E-state index contributed by atoms with van der Waals surface area (Å²) in [6, 6.07) is 20.3. The molecule has 0 radical (unpaired) electrons. The van der Waals surface area contributed by atoms with Gasteiger partial charge in [-0.15, -0.1) is 0 Å². The average Bonchev–Trinajstić information content (AvgIpc) is 2.79. The number of nitrogens with one attached hydrogen (secondary N) is 2. The maximum Gasteiger partial charge on any atom is 0.238 e. The van der Waals surface area contributed by atoms with Gasteiger partial charge in [-0.25, -0.2) is 0 Å². The number of hydrogen-bond donors (Lipinski definition) is 2. The monoisotopic (exact) mass is 471 g/mol. The van der Waals surface area contributed by atoms with Crippen molar-refractivity contribution in [3.8, 4) is 0 Å². The molecule has 3 rings (SSSR count). The minimum absolute atomic E-state index is 0.111. The Labute approximate surface area is 209 Å². The van der Waals surface area contributed by atoms with Crippen LogP contribution in [0.4, 0.5) is 11.4 Å². The maximum absolute atomic E-state index is 13.0. The first-order valence-corrected chi connectivity index (χ1v) is 12.2. The lowest BCUT2D eigenvalue weighted by Crippen LogP contribution is -2.38. The molecule has 0 saturated carbocycles. The van der Waals surface area contributed by atoms with Crippen molar-refractivity contribution in [1.29, 1.82) is 0 Å². The number of hydrogen-bond acceptors (Lipinski definition) is 3. The third-order valence-electron chi connectivity index (χ3n) is 6.28. The fourth-order valence-electron chi connectivity index (χ4n) is 4.22. The van der Waals surface area contributed by atoms with Crippen LogP contribution in [0.15, 0.2) is 60.7 Å². The van der Waals surface area contributed by atoms with Crippen LogP contribution in [0.5, 0.6) is 0 Å². The van der Waals surface area contributed by atoms with Gasteiger partial charge < -0.3 is 10.6 Å². The lowest BCUT2D eigenvalue weighted by atomic mass is 10.0. The Morgan fingerprint density at radius 1 is 0.686 bits per heavy atom. The fraction of sp³-hybridized carbons (Fsp3) is 0.333. The molecule has 35 heavy (non-hydrogen) atoms. The summed E-state index contributed by atoms with van der Waals surface area (Å²) in [6.07, 6.45) is 0. The summed E-state index contributed by atoms with van der Waals surface area (Å²) >= 11 is 0. The molecule has 0 fully saturated rings. The lowest BCUT2D eigenvalue weighted by Gasteiger charge is -2.23. The molecule has 0 aliphatic rings. The van der Waals surface area contributed by atoms with Crippen LogP contribution in [-0.4, -0.2) is 29.8 Å². The predicted molar refractivity (Wildman–Crippen MR) is 145 cm³/mol. The first-order chi connectivity index (χ1) is 16.6. The lowest BCUT2D eigenvalue weighted by molar-refractivity contribution is -0.120. The molecule has 3 aromatic rings. The average molecular weight is 472 g/mol. The second kappa shape index (κ2) is 11.8. The highest BCUT2D eigenvalue weighted by Crippen LogP contribution is 2.21. The second-order valence-electron chi connectivity index (χ2n) is 9.67. The van der Waals surface area contributed by atoms with Gasteiger partial charge >= 0.3 is 0 Å². The molecule has 5 heteroatoms. The standard InChI is InChI=1S/C30H37N3O2/c1-20(2)26-15-13-25(14-16-26)17-33(18-27(34)31-29-21(3)9-7-10-22(29)4)19-28(35)32-30-23(5)11-8-12-24(30)6/h7-16,20H,17-19H2,1-6H3,(H,31,34)(H,32,35). The van der Waals surface area contributed by atoms with E-state index in [4.69, 9.17) is 0 Å². The number of benzene rings is 3. The molecule has 184 valence electrons. The van der Waals surface area contributed by atoms with E-state index >= 15 is 0 Å². The molecular weight excluding hydrogens is 434 g/mol. The van der Waals surface area contributed by atoms with Gasteiger partial charge in [-0.2, -0.15) is 0 Å². The quantitative estimate of drug-likeness (QED) is 0.395. The topological polar surface area (TPSA) is 61.4 Å². The predicted octanol–water partition coefficient (Wildman–Crippen LogP) is 6.12. The Balaban J connectivity index is 1.76. The van der Waals surface area contributed by atoms with Crippen molar-refractivity contribution in [2.75, 3.05) is 23.7 Å². The molecule has 0 spiro atoms. The highest BCUT2D eigenvalue weighted by molar-refractivity contribution is 5.96. The Kier molecular flexibility index (Phi) is 8.83. The van der Waals surface area contributed by atoms with Crippen molar-refractivity contribution in [2.45, 2.75) is 54.0 Å². The molecule has 0 aromatic heterocycles. The van der Waals surface area contributed by atoms with Crippen LogP contribution in [-0.2, 0) is 16.1 Å². The van der Waals surface area contributed by atoms with Gasteiger partial charge in [-0.1, -0.05) is 74.5 Å².